The first kappa shape index (κ1) is 21.9. The summed E-state index contributed by atoms with van der Waals surface area (Å²) in [5.41, 5.74) is 2.51. The normalized spacial score (nSPS) is 11.3. The number of carbonyl (C=O) groups is 1. The van der Waals surface area contributed by atoms with Gasteiger partial charge in [-0.25, -0.2) is 13.4 Å². The number of nitrogens with one attached hydrogen (secondary N) is 2. The second kappa shape index (κ2) is 9.32. The van der Waals surface area contributed by atoms with E-state index in [-0.39, 0.29) is 21.4 Å². The quantitative estimate of drug-likeness (QED) is 0.515. The van der Waals surface area contributed by atoms with Crippen LogP contribution in [-0.4, -0.2) is 30.4 Å². The van der Waals surface area contributed by atoms with Crippen LogP contribution in [0, 0.1) is 13.8 Å². The molecular formula is C21H23ClN4O3S. The van der Waals surface area contributed by atoms with Crippen LogP contribution < -0.4 is 10.0 Å². The van der Waals surface area contributed by atoms with E-state index < -0.39 is 10.0 Å². The summed E-state index contributed by atoms with van der Waals surface area (Å²) in [7, 11) is -3.96. The molecule has 1 heterocycles. The third kappa shape index (κ3) is 5.40. The Hall–Kier alpha value is -2.84. The third-order valence-corrected chi connectivity index (χ3v) is 6.39. The van der Waals surface area contributed by atoms with E-state index in [9.17, 15) is 13.2 Å². The Morgan fingerprint density at radius 3 is 2.67 bits per heavy atom. The summed E-state index contributed by atoms with van der Waals surface area (Å²) in [6.45, 7) is 4.92. The molecule has 0 spiro atoms. The van der Waals surface area contributed by atoms with Crippen molar-refractivity contribution < 1.29 is 13.2 Å². The van der Waals surface area contributed by atoms with Crippen LogP contribution >= 0.6 is 11.6 Å². The monoisotopic (exact) mass is 446 g/mol. The predicted octanol–water partition coefficient (Wildman–Crippen LogP) is 3.77. The highest BCUT2D eigenvalue weighted by Crippen LogP contribution is 2.26. The molecule has 0 unspecified atom stereocenters. The molecule has 2 aromatic carbocycles. The molecule has 0 saturated carbocycles. The van der Waals surface area contributed by atoms with E-state index in [0.29, 0.717) is 12.2 Å². The summed E-state index contributed by atoms with van der Waals surface area (Å²) in [5.74, 6) is -0.361. The minimum absolute atomic E-state index is 0.0453. The first-order valence-corrected chi connectivity index (χ1v) is 11.3. The van der Waals surface area contributed by atoms with Crippen LogP contribution in [0.25, 0.3) is 0 Å². The van der Waals surface area contributed by atoms with Gasteiger partial charge in [-0.3, -0.25) is 9.52 Å². The third-order valence-electron chi connectivity index (χ3n) is 4.55. The maximum atomic E-state index is 12.9. The van der Waals surface area contributed by atoms with Gasteiger partial charge in [-0.2, -0.15) is 0 Å². The average molecular weight is 447 g/mol. The molecule has 1 aromatic heterocycles. The zero-order chi connectivity index (χ0) is 21.7. The smallest absolute Gasteiger partial charge is 0.263 e. The molecule has 9 heteroatoms. The Labute approximate surface area is 181 Å². The van der Waals surface area contributed by atoms with E-state index in [4.69, 9.17) is 11.6 Å². The molecule has 0 fully saturated rings. The van der Waals surface area contributed by atoms with E-state index in [2.05, 4.69) is 15.0 Å². The number of imidazole rings is 1. The van der Waals surface area contributed by atoms with Crippen LogP contribution in [0.4, 0.5) is 5.69 Å². The summed E-state index contributed by atoms with van der Waals surface area (Å²) in [6.07, 6.45) is 5.97. The molecule has 3 aromatic rings. The standard InChI is InChI=1S/C21H23ClN4O3S/c1-15-4-7-19(16(2)12-15)25-30(28,29)20-13-17(5-6-18(20)22)21(27)24-8-3-10-26-11-9-23-14-26/h4-7,9,11-14,25H,3,8,10H2,1-2H3,(H,24,27). The molecule has 1 amide bonds. The van der Waals surface area contributed by atoms with Gasteiger partial charge in [-0.1, -0.05) is 29.3 Å². The van der Waals surface area contributed by atoms with Gasteiger partial charge >= 0.3 is 0 Å². The Bertz CT molecular complexity index is 1150. The van der Waals surface area contributed by atoms with E-state index in [1.807, 2.05) is 36.7 Å². The van der Waals surface area contributed by atoms with Gasteiger partial charge in [-0.05, 0) is 50.1 Å². The summed E-state index contributed by atoms with van der Waals surface area (Å²) < 4.78 is 30.2. The summed E-state index contributed by atoms with van der Waals surface area (Å²) in [5, 5.41) is 2.84. The van der Waals surface area contributed by atoms with Crippen molar-refractivity contribution in [2.75, 3.05) is 11.3 Å². The van der Waals surface area contributed by atoms with Crippen LogP contribution in [0.15, 0.2) is 60.0 Å². The molecule has 2 N–H and O–H groups in total. The summed E-state index contributed by atoms with van der Waals surface area (Å²) in [6, 6.07) is 9.61. The first-order chi connectivity index (χ1) is 14.3. The highest BCUT2D eigenvalue weighted by molar-refractivity contribution is 7.92. The van der Waals surface area contributed by atoms with Gasteiger partial charge in [0.1, 0.15) is 4.90 Å². The van der Waals surface area contributed by atoms with Gasteiger partial charge < -0.3 is 9.88 Å². The molecule has 0 aliphatic heterocycles. The van der Waals surface area contributed by atoms with Crippen molar-refractivity contribution in [3.8, 4) is 0 Å². The molecule has 0 aliphatic carbocycles. The zero-order valence-corrected chi connectivity index (χ0v) is 18.3. The fraction of sp³-hybridized carbons (Fsp3) is 0.238. The Morgan fingerprint density at radius 2 is 1.97 bits per heavy atom. The van der Waals surface area contributed by atoms with E-state index >= 15 is 0 Å². The van der Waals surface area contributed by atoms with Crippen molar-refractivity contribution in [2.45, 2.75) is 31.7 Å². The molecule has 30 heavy (non-hydrogen) atoms. The van der Waals surface area contributed by atoms with Crippen LogP contribution in [0.2, 0.25) is 5.02 Å². The predicted molar refractivity (Wildman–Crippen MR) is 117 cm³/mol. The van der Waals surface area contributed by atoms with Crippen molar-refractivity contribution in [1.29, 1.82) is 0 Å². The molecule has 0 saturated heterocycles. The number of anilines is 1. The largest absolute Gasteiger partial charge is 0.352 e. The molecule has 3 rings (SSSR count). The van der Waals surface area contributed by atoms with Gasteiger partial charge in [0.15, 0.2) is 0 Å². The number of halogens is 1. The lowest BCUT2D eigenvalue weighted by Crippen LogP contribution is -2.25. The van der Waals surface area contributed by atoms with Crippen molar-refractivity contribution >= 4 is 33.2 Å². The number of hydrogen-bond donors (Lipinski definition) is 2. The Kier molecular flexibility index (Phi) is 6.79. The lowest BCUT2D eigenvalue weighted by Gasteiger charge is -2.13. The fourth-order valence-corrected chi connectivity index (χ4v) is 4.62. The second-order valence-electron chi connectivity index (χ2n) is 6.98. The molecule has 0 bridgehead atoms. The first-order valence-electron chi connectivity index (χ1n) is 9.40. The summed E-state index contributed by atoms with van der Waals surface area (Å²) >= 11 is 6.14. The van der Waals surface area contributed by atoms with Crippen molar-refractivity contribution in [1.82, 2.24) is 14.9 Å². The average Bonchev–Trinajstić information content (AvgIpc) is 3.21. The van der Waals surface area contributed by atoms with Gasteiger partial charge in [0, 0.05) is 31.0 Å². The lowest BCUT2D eigenvalue weighted by molar-refractivity contribution is 0.0952. The van der Waals surface area contributed by atoms with Crippen molar-refractivity contribution in [2.24, 2.45) is 0 Å². The van der Waals surface area contributed by atoms with Gasteiger partial charge in [0.05, 0.1) is 17.0 Å². The molecular weight excluding hydrogens is 424 g/mol. The number of hydrogen-bond acceptors (Lipinski definition) is 4. The van der Waals surface area contributed by atoms with Crippen LogP contribution in [0.1, 0.15) is 27.9 Å². The van der Waals surface area contributed by atoms with Crippen LogP contribution in [0.5, 0.6) is 0 Å². The zero-order valence-electron chi connectivity index (χ0n) is 16.7. The fourth-order valence-electron chi connectivity index (χ4n) is 2.96. The maximum Gasteiger partial charge on any atom is 0.263 e. The number of rotatable bonds is 8. The number of amides is 1. The minimum Gasteiger partial charge on any atom is -0.352 e. The number of nitrogens with zero attached hydrogens (tertiary/aromatic N) is 2. The Morgan fingerprint density at radius 1 is 1.17 bits per heavy atom. The number of aryl methyl sites for hydroxylation is 3. The summed E-state index contributed by atoms with van der Waals surface area (Å²) in [4.78, 5) is 16.3. The van der Waals surface area contributed by atoms with Crippen LogP contribution in [-0.2, 0) is 16.6 Å². The van der Waals surface area contributed by atoms with Crippen molar-refractivity contribution in [3.05, 3.63) is 76.8 Å². The second-order valence-corrected chi connectivity index (χ2v) is 9.04. The highest BCUT2D eigenvalue weighted by Gasteiger charge is 2.21. The number of carbonyl (C=O) groups excluding carboxylic acids is 1. The van der Waals surface area contributed by atoms with E-state index in [0.717, 1.165) is 24.1 Å². The minimum atomic E-state index is -3.96. The van der Waals surface area contributed by atoms with E-state index in [1.54, 1.807) is 18.6 Å². The van der Waals surface area contributed by atoms with Gasteiger partial charge in [-0.15, -0.1) is 0 Å². The topological polar surface area (TPSA) is 93.1 Å². The maximum absolute atomic E-state index is 12.9. The molecule has 0 atom stereocenters. The van der Waals surface area contributed by atoms with Gasteiger partial charge in [0.25, 0.3) is 15.9 Å². The molecule has 0 aliphatic rings. The molecule has 7 nitrogen and oxygen atoms in total. The molecule has 0 radical (unpaired) electrons. The number of benzene rings is 2. The SMILES string of the molecule is Cc1ccc(NS(=O)(=O)c2cc(C(=O)NCCCn3ccnc3)ccc2Cl)c(C)c1. The number of sulfonamides is 1. The van der Waals surface area contributed by atoms with Crippen LogP contribution in [0.3, 0.4) is 0 Å². The number of aromatic nitrogens is 2. The highest BCUT2D eigenvalue weighted by atomic mass is 35.5. The lowest BCUT2D eigenvalue weighted by atomic mass is 10.1. The van der Waals surface area contributed by atoms with E-state index in [1.165, 1.54) is 18.2 Å². The van der Waals surface area contributed by atoms with Crippen molar-refractivity contribution in [3.63, 3.8) is 0 Å². The van der Waals surface area contributed by atoms with Gasteiger partial charge in [0.2, 0.25) is 0 Å². The Balaban J connectivity index is 1.70. The molecule has 158 valence electrons.